The Balaban J connectivity index is 0.996. The van der Waals surface area contributed by atoms with Gasteiger partial charge in [0.2, 0.25) is 5.82 Å². The van der Waals surface area contributed by atoms with Crippen LogP contribution in [0.1, 0.15) is 97.2 Å². The van der Waals surface area contributed by atoms with Gasteiger partial charge in [0.25, 0.3) is 11.8 Å². The maximum atomic E-state index is 16.0. The number of anilines is 1. The molecule has 4 heterocycles. The molecule has 0 aliphatic carbocycles. The molecule has 6 aromatic rings. The second-order valence-corrected chi connectivity index (χ2v) is 17.7. The number of ether oxygens (including phenoxy) is 1. The van der Waals surface area contributed by atoms with Crippen molar-refractivity contribution in [1.82, 2.24) is 40.3 Å². The monoisotopic (exact) mass is 939 g/mol. The number of likely N-dealkylation sites (tertiary alicyclic amines) is 1. The van der Waals surface area contributed by atoms with Crippen molar-refractivity contribution in [3.05, 3.63) is 123 Å². The van der Waals surface area contributed by atoms with E-state index in [1.165, 1.54) is 16.7 Å². The van der Waals surface area contributed by atoms with Gasteiger partial charge in [-0.1, -0.05) is 55.2 Å². The van der Waals surface area contributed by atoms with Crippen molar-refractivity contribution in [2.45, 2.75) is 72.0 Å². The normalized spacial score (nSPS) is 13.8. The third kappa shape index (κ3) is 10.9. The zero-order chi connectivity index (χ0) is 47.2. The predicted octanol–water partition coefficient (Wildman–Crippen LogP) is 8.80. The molecule has 2 amide bonds. The highest BCUT2D eigenvalue weighted by Gasteiger charge is 2.30. The summed E-state index contributed by atoms with van der Waals surface area (Å²) in [6.07, 6.45) is 4.19. The van der Waals surface area contributed by atoms with Gasteiger partial charge in [0.1, 0.15) is 35.4 Å². The van der Waals surface area contributed by atoms with E-state index in [1.807, 2.05) is 33.8 Å². The minimum absolute atomic E-state index is 0.0910. The number of rotatable bonds is 16. The largest absolute Gasteiger partial charge is 0.508 e. The Labute approximate surface area is 391 Å². The van der Waals surface area contributed by atoms with Crippen LogP contribution < -0.4 is 16.0 Å². The number of hydrogen-bond donors (Lipinski definition) is 6. The highest BCUT2D eigenvalue weighted by Crippen LogP contribution is 2.39. The number of carbonyl (C=O) groups is 3. The standard InChI is InChI=1S/C48H52Cl2FN9O6/c1-6-52-47(64)45-58-57-44(36-19-34(26(2)3)41(61)21-42(36)62)60(45)33-11-10-30(38(51)18-33)24-59-14-12-28(13-15-59)48(65)66-25-40(29-8-7-9-32(49)16-29)56-46(63)39-17-31(22-53-39)35-20-43(55-27(4)5)54-23-37(35)50/h7-11,16-23,26-28,40,53,61-62H,6,12-15,24-25H2,1-5H3,(H,52,64)(H,54,55)(H,56,63). The molecule has 0 saturated carbocycles. The lowest BCUT2D eigenvalue weighted by molar-refractivity contribution is -0.151. The molecule has 3 aromatic heterocycles. The number of aromatic amines is 1. The molecule has 0 spiro atoms. The molecule has 1 unspecified atom stereocenters. The highest BCUT2D eigenvalue weighted by atomic mass is 35.5. The van der Waals surface area contributed by atoms with E-state index in [2.05, 4.69) is 41.0 Å². The molecule has 7 rings (SSSR count). The number of aromatic nitrogens is 5. The Morgan fingerprint density at radius 1 is 0.939 bits per heavy atom. The van der Waals surface area contributed by atoms with E-state index < -0.39 is 35.6 Å². The average Bonchev–Trinajstić information content (AvgIpc) is 3.95. The average molecular weight is 941 g/mol. The molecule has 15 nitrogen and oxygen atoms in total. The lowest BCUT2D eigenvalue weighted by atomic mass is 9.96. The fourth-order valence-corrected chi connectivity index (χ4v) is 8.29. The van der Waals surface area contributed by atoms with E-state index in [9.17, 15) is 24.6 Å². The number of halogens is 3. The lowest BCUT2D eigenvalue weighted by Crippen LogP contribution is -2.38. The molecule has 1 aliphatic heterocycles. The van der Waals surface area contributed by atoms with Gasteiger partial charge in [-0.2, -0.15) is 0 Å². The summed E-state index contributed by atoms with van der Waals surface area (Å²) in [6.45, 7) is 10.9. The molecule has 0 bridgehead atoms. The molecule has 1 fully saturated rings. The van der Waals surface area contributed by atoms with Crippen LogP contribution in [-0.4, -0.2) is 89.9 Å². The highest BCUT2D eigenvalue weighted by molar-refractivity contribution is 6.33. The molecular weight excluding hydrogens is 888 g/mol. The fraction of sp³-hybridized carbons (Fsp3) is 0.333. The third-order valence-corrected chi connectivity index (χ3v) is 11.8. The summed E-state index contributed by atoms with van der Waals surface area (Å²) in [5.41, 5.74) is 3.72. The zero-order valence-electron chi connectivity index (χ0n) is 37.2. The SMILES string of the molecule is CCNC(=O)c1nnc(-c2cc(C(C)C)c(O)cc2O)n1-c1ccc(CN2CCC(C(=O)OCC(NC(=O)c3cc(-c4cc(NC(C)C)ncc4Cl)c[nH]3)c3cccc(Cl)c3)CC2)c(F)c1. The summed E-state index contributed by atoms with van der Waals surface area (Å²) < 4.78 is 23.3. The van der Waals surface area contributed by atoms with E-state index in [-0.39, 0.29) is 65.2 Å². The molecule has 3 aromatic carbocycles. The van der Waals surface area contributed by atoms with Crippen LogP contribution in [0.4, 0.5) is 10.2 Å². The van der Waals surface area contributed by atoms with Crippen LogP contribution in [0.2, 0.25) is 10.0 Å². The minimum Gasteiger partial charge on any atom is -0.508 e. The van der Waals surface area contributed by atoms with Crippen molar-refractivity contribution >= 4 is 46.8 Å². The summed E-state index contributed by atoms with van der Waals surface area (Å²) in [6, 6.07) is 17.3. The number of phenolic OH excluding ortho intramolecular Hbond substituents is 2. The second-order valence-electron chi connectivity index (χ2n) is 16.8. The molecule has 346 valence electrons. The fourth-order valence-electron chi connectivity index (χ4n) is 7.88. The first-order valence-corrected chi connectivity index (χ1v) is 22.5. The molecule has 0 radical (unpaired) electrons. The van der Waals surface area contributed by atoms with E-state index in [4.69, 9.17) is 27.9 Å². The van der Waals surface area contributed by atoms with Gasteiger partial charge in [-0.05, 0) is 106 Å². The second kappa shape index (κ2) is 20.8. The number of phenols is 2. The summed E-state index contributed by atoms with van der Waals surface area (Å²) in [5.74, 6) is -2.17. The number of esters is 1. The number of H-pyrrole nitrogens is 1. The van der Waals surface area contributed by atoms with Crippen LogP contribution in [-0.2, 0) is 16.1 Å². The number of pyridine rings is 1. The quantitative estimate of drug-likeness (QED) is 0.0507. The number of hydrogen-bond acceptors (Lipinski definition) is 11. The minimum atomic E-state index is -0.722. The van der Waals surface area contributed by atoms with E-state index in [0.29, 0.717) is 76.2 Å². The number of aromatic hydroxyl groups is 2. The Bertz CT molecular complexity index is 2730. The topological polar surface area (TPSA) is 200 Å². The van der Waals surface area contributed by atoms with Crippen molar-refractivity contribution in [3.8, 4) is 39.7 Å². The number of amides is 2. The molecule has 66 heavy (non-hydrogen) atoms. The number of piperidine rings is 1. The van der Waals surface area contributed by atoms with Crippen molar-refractivity contribution in [2.75, 3.05) is 31.6 Å². The molecule has 1 saturated heterocycles. The third-order valence-electron chi connectivity index (χ3n) is 11.3. The van der Waals surface area contributed by atoms with Gasteiger partial charge in [-0.15, -0.1) is 10.2 Å². The van der Waals surface area contributed by atoms with Crippen LogP contribution in [0.3, 0.4) is 0 Å². The van der Waals surface area contributed by atoms with E-state index in [0.717, 1.165) is 0 Å². The van der Waals surface area contributed by atoms with Gasteiger partial charge in [-0.25, -0.2) is 9.37 Å². The van der Waals surface area contributed by atoms with Gasteiger partial charge in [-0.3, -0.25) is 23.9 Å². The van der Waals surface area contributed by atoms with E-state index >= 15 is 4.39 Å². The first kappa shape index (κ1) is 47.5. The maximum absolute atomic E-state index is 16.0. The van der Waals surface area contributed by atoms with Crippen LogP contribution in [0.25, 0.3) is 28.2 Å². The van der Waals surface area contributed by atoms with Crippen molar-refractivity contribution in [3.63, 3.8) is 0 Å². The van der Waals surface area contributed by atoms with Crippen LogP contribution in [0.15, 0.2) is 79.1 Å². The molecular formula is C48H52Cl2FN9O6. The summed E-state index contributed by atoms with van der Waals surface area (Å²) in [4.78, 5) is 49.7. The summed E-state index contributed by atoms with van der Waals surface area (Å²) in [7, 11) is 0. The molecule has 1 atom stereocenters. The van der Waals surface area contributed by atoms with Crippen molar-refractivity contribution < 1.29 is 33.7 Å². The summed E-state index contributed by atoms with van der Waals surface area (Å²) in [5, 5.41) is 39.5. The smallest absolute Gasteiger partial charge is 0.309 e. The first-order chi connectivity index (χ1) is 31.6. The Morgan fingerprint density at radius 2 is 1.71 bits per heavy atom. The van der Waals surface area contributed by atoms with E-state index in [1.54, 1.807) is 67.8 Å². The number of carbonyl (C=O) groups excluding carboxylic acids is 3. The molecule has 18 heteroatoms. The van der Waals surface area contributed by atoms with Crippen LogP contribution in [0, 0.1) is 11.7 Å². The van der Waals surface area contributed by atoms with Crippen molar-refractivity contribution in [2.24, 2.45) is 5.92 Å². The maximum Gasteiger partial charge on any atom is 0.309 e. The van der Waals surface area contributed by atoms with Gasteiger partial charge < -0.3 is 35.9 Å². The first-order valence-electron chi connectivity index (χ1n) is 21.7. The van der Waals surface area contributed by atoms with Gasteiger partial charge in [0, 0.05) is 59.3 Å². The van der Waals surface area contributed by atoms with Crippen LogP contribution >= 0.6 is 23.2 Å². The molecule has 1 aliphatic rings. The number of nitrogens with zero attached hydrogens (tertiary/aromatic N) is 5. The van der Waals surface area contributed by atoms with Gasteiger partial charge >= 0.3 is 5.97 Å². The Hall–Kier alpha value is -6.49. The number of benzene rings is 3. The van der Waals surface area contributed by atoms with Gasteiger partial charge in [0.15, 0.2) is 5.82 Å². The lowest BCUT2D eigenvalue weighted by Gasteiger charge is -2.31. The number of nitrogens with one attached hydrogen (secondary N) is 4. The Morgan fingerprint density at radius 3 is 2.41 bits per heavy atom. The van der Waals surface area contributed by atoms with Gasteiger partial charge in [0.05, 0.1) is 28.2 Å². The zero-order valence-corrected chi connectivity index (χ0v) is 38.7. The predicted molar refractivity (Wildman–Crippen MR) is 251 cm³/mol. The van der Waals surface area contributed by atoms with Crippen LogP contribution in [0.5, 0.6) is 11.5 Å². The summed E-state index contributed by atoms with van der Waals surface area (Å²) >= 11 is 12.8. The van der Waals surface area contributed by atoms with Crippen molar-refractivity contribution in [1.29, 1.82) is 0 Å². The molecule has 6 N–H and O–H groups in total. The Kier molecular flexibility index (Phi) is 14.9.